The maximum Gasteiger partial charge on any atom is 0.162 e. The van der Waals surface area contributed by atoms with Crippen molar-refractivity contribution in [1.29, 1.82) is 0 Å². The Bertz CT molecular complexity index is 5790. The predicted molar refractivity (Wildman–Crippen MR) is 634 cm³/mol. The van der Waals surface area contributed by atoms with Gasteiger partial charge in [0.25, 0.3) is 0 Å². The molecule has 10 aromatic rings. The summed E-state index contributed by atoms with van der Waals surface area (Å²) in [7, 11) is 1.76. The van der Waals surface area contributed by atoms with Gasteiger partial charge in [-0.15, -0.1) is 34.0 Å². The van der Waals surface area contributed by atoms with Crippen LogP contribution in [0.3, 0.4) is 0 Å². The van der Waals surface area contributed by atoms with Gasteiger partial charge in [0.15, 0.2) is 11.5 Å². The van der Waals surface area contributed by atoms with Crippen molar-refractivity contribution >= 4 is 59.9 Å². The van der Waals surface area contributed by atoms with Crippen LogP contribution in [0.5, 0.6) is 17.2 Å². The number of hydrogen-bond acceptors (Lipinski definition) is 11. The van der Waals surface area contributed by atoms with Crippen LogP contribution in [0, 0.1) is 22.5 Å². The Morgan fingerprint density at radius 2 is 0.676 bits per heavy atom. The lowest BCUT2D eigenvalue weighted by Crippen LogP contribution is -2.44. The highest BCUT2D eigenvalue weighted by atomic mass is 32.1. The van der Waals surface area contributed by atoms with E-state index in [0.717, 1.165) is 83.2 Å². The average molecular weight is 2040 g/mol. The molecule has 0 amide bonds. The smallest absolute Gasteiger partial charge is 0.162 e. The molecule has 0 bridgehead atoms. The molecule has 7 aromatic carbocycles. The third-order valence-electron chi connectivity index (χ3n) is 29.8. The van der Waals surface area contributed by atoms with E-state index in [1.54, 1.807) is 57.0 Å². The fraction of sp³-hybridized carbons (Fsp3) is 0.621. The van der Waals surface area contributed by atoms with E-state index >= 15 is 0 Å². The van der Waals surface area contributed by atoms with Crippen molar-refractivity contribution in [1.82, 2.24) is 19.6 Å². The molecule has 6 aliphatic rings. The van der Waals surface area contributed by atoms with E-state index in [0.29, 0.717) is 29.0 Å². The molecule has 145 heavy (non-hydrogen) atoms. The quantitative estimate of drug-likeness (QED) is 0.175. The maximum atomic E-state index is 14.3. The van der Waals surface area contributed by atoms with Gasteiger partial charge in [0.2, 0.25) is 0 Å². The predicted octanol–water partition coefficient (Wildman–Crippen LogP) is 36.8. The van der Waals surface area contributed by atoms with E-state index in [1.165, 1.54) is 127 Å². The highest BCUT2D eigenvalue weighted by Gasteiger charge is 2.38. The number of fused-ring (bicyclic) bond motifs is 8. The minimum absolute atomic E-state index is 0.000119. The van der Waals surface area contributed by atoms with E-state index in [4.69, 9.17) is 14.2 Å². The number of hydrogen-bond donors (Lipinski definition) is 1. The van der Waals surface area contributed by atoms with Gasteiger partial charge in [0.05, 0.1) is 7.11 Å². The molecule has 0 spiro atoms. The van der Waals surface area contributed by atoms with Crippen molar-refractivity contribution in [3.63, 3.8) is 0 Å². The molecule has 13 heteroatoms. The number of rotatable bonds is 1. The molecule has 0 saturated carbocycles. The molecule has 16 rings (SSSR count). The van der Waals surface area contributed by atoms with Gasteiger partial charge in [0.1, 0.15) is 30.1 Å². The van der Waals surface area contributed by atoms with Crippen molar-refractivity contribution in [2.24, 2.45) is 10.8 Å². The third-order valence-corrected chi connectivity index (χ3v) is 34.5. The summed E-state index contributed by atoms with van der Waals surface area (Å²) in [6, 6.07) is 46.9. The lowest BCUT2D eigenvalue weighted by molar-refractivity contribution is 0.0162. The zero-order chi connectivity index (χ0) is 110. The Morgan fingerprint density at radius 3 is 1.14 bits per heavy atom. The molecule has 0 radical (unpaired) electrons. The van der Waals surface area contributed by atoms with Gasteiger partial charge in [-0.1, -0.05) is 310 Å². The van der Waals surface area contributed by atoms with Crippen molar-refractivity contribution in [3.05, 3.63) is 242 Å². The lowest BCUT2D eigenvalue weighted by atomic mass is 9.79. The molecule has 0 aliphatic carbocycles. The minimum atomic E-state index is -0.0934. The highest BCUT2D eigenvalue weighted by Crippen LogP contribution is 2.47. The van der Waals surface area contributed by atoms with Crippen LogP contribution in [-0.4, -0.2) is 93.8 Å². The van der Waals surface area contributed by atoms with E-state index in [2.05, 4.69) is 460 Å². The number of nitrogens with zero attached hydrogens (tertiary/aromatic N) is 4. The number of benzene rings is 7. The zero-order valence-corrected chi connectivity index (χ0v) is 103. The first kappa shape index (κ1) is 122. The number of nitrogens with one attached hydrogen (secondary N) is 1. The summed E-state index contributed by atoms with van der Waals surface area (Å²) in [5, 5.41) is 5.75. The Labute approximate surface area is 896 Å². The number of thiophene rings is 3. The minimum Gasteiger partial charge on any atom is -0.496 e. The second-order valence-electron chi connectivity index (χ2n) is 59.1. The van der Waals surface area contributed by atoms with E-state index < -0.39 is 0 Å². The van der Waals surface area contributed by atoms with Gasteiger partial charge >= 0.3 is 0 Å². The van der Waals surface area contributed by atoms with Crippen LogP contribution in [0.4, 0.5) is 14.5 Å². The molecule has 0 saturated heterocycles. The summed E-state index contributed by atoms with van der Waals surface area (Å²) in [5.74, 6) is 2.63. The largest absolute Gasteiger partial charge is 0.496 e. The average Bonchev–Trinajstić information content (AvgIpc) is 1.58. The molecule has 6 aliphatic heterocycles. The topological polar surface area (TPSA) is 52.7 Å². The number of halogens is 2. The van der Waals surface area contributed by atoms with Gasteiger partial charge in [-0.05, 0) is 331 Å². The second-order valence-corrected chi connectivity index (χ2v) is 62.4. The molecule has 2 atom stereocenters. The van der Waals surface area contributed by atoms with Crippen LogP contribution in [0.15, 0.2) is 127 Å². The zero-order valence-electron chi connectivity index (χ0n) is 101. The normalized spacial score (nSPS) is 17.1. The number of anilines is 1. The number of ether oxygens (including phenoxy) is 3. The Balaban J connectivity index is 0.000000185. The molecule has 8 nitrogen and oxygen atoms in total. The monoisotopic (exact) mass is 2040 g/mol. The first-order chi connectivity index (χ1) is 65.7. The Hall–Kier alpha value is -6.94. The third kappa shape index (κ3) is 33.5. The molecule has 1 N–H and O–H groups in total. The SMILES string of the molecule is CC(C)(C)c1cc(F)c2c(c1)CN(C(C)(C)C)CC2.CC(C)(C)c1cc(F)c2cc(C(C)(C)C)sc2c1.CC(C)(C)c1cc2c(s1)CCN(C(C)(C)C)C2.CC(C)(C)c1ccc2c(c1)CCN(C(C)(C)C)C2.CC(C)(C)c1ccc2c(c1)CN(C(C)(C)C)CC2.CC(C)(C)c1ccc2c(c1)NC(C(C)(C)C)CC2.CC(C)(C)c1ccc2c(c1)OC(C(C)(C)C)CO2.COc1cc(C(C)(C)C)cc2sc(C(C)(C)C)cc12. The number of aryl methyl sites for hydroxylation is 1. The van der Waals surface area contributed by atoms with Crippen LogP contribution < -0.4 is 19.5 Å². The first-order valence-corrected chi connectivity index (χ1v) is 57.0. The van der Waals surface area contributed by atoms with E-state index in [9.17, 15) is 8.78 Å². The standard InChI is InChI=1S/C17H26FN.3C17H27N.C17H24OS.C16H21FS.C16H24O2.C15H25NS/c1-16(2,3)13-9-12-11-19(17(4,5)6)8-7-14(12)15(18)10-13;1-16(2,3)13-9-7-12-8-10-15(17(4,5)6)18-14(12)11-13;1-16(2,3)15-8-7-14-12-18(17(4,5)6)10-9-13(14)11-15;1-16(2,3)15-8-7-13-9-10-18(17(4,5)6)12-14(13)11-15;1-16(2,3)11-8-13(18-7)12-10-15(17(4,5)6)19-14(12)9-11;1-15(2,3)10-7-12(17)11-9-14(16(4,5)6)18-13(11)8-10;1-15(2,3)11-7-8-12-13(9-11)18-14(10-17-12)16(4,5)6;1-14(2,3)13-9-11-10-16(15(4,5)6)8-7-12(11)17-13/h9-10H,7-8,11H2,1-6H3;7,9,11,15,18H,8,10H2,1-6H3;2*7-8,11H,9-10,12H2,1-6H3;8-10H,1-7H3;7-9H,1-6H3;7-9,14H,10H2,1-6H3;9H,7-8,10H2,1-6H3. The number of methoxy groups -OCH3 is 1. The molecule has 804 valence electrons. The van der Waals surface area contributed by atoms with Crippen molar-refractivity contribution in [3.8, 4) is 17.2 Å². The van der Waals surface area contributed by atoms with Crippen LogP contribution in [-0.2, 0) is 112 Å². The Kier molecular flexibility index (Phi) is 37.9. The van der Waals surface area contributed by atoms with E-state index in [1.807, 2.05) is 34.8 Å². The second kappa shape index (κ2) is 45.1. The van der Waals surface area contributed by atoms with Crippen molar-refractivity contribution in [2.75, 3.05) is 45.2 Å². The summed E-state index contributed by atoms with van der Waals surface area (Å²) >= 11 is 5.62. The molecule has 9 heterocycles. The van der Waals surface area contributed by atoms with Gasteiger partial charge in [-0.2, -0.15) is 0 Å². The summed E-state index contributed by atoms with van der Waals surface area (Å²) in [4.78, 5) is 16.0. The summed E-state index contributed by atoms with van der Waals surface area (Å²) in [6.07, 6.45) is 6.99. The fourth-order valence-corrected chi connectivity index (χ4v) is 22.2. The summed E-state index contributed by atoms with van der Waals surface area (Å²) in [5.41, 5.74) is 24.7. The van der Waals surface area contributed by atoms with Gasteiger partial charge in [0, 0.05) is 131 Å². The molecule has 3 aromatic heterocycles. The Morgan fingerprint density at radius 1 is 0.303 bits per heavy atom. The molecular weight excluding hydrogens is 1840 g/mol. The van der Waals surface area contributed by atoms with Gasteiger partial charge in [-0.25, -0.2) is 8.78 Å². The summed E-state index contributed by atoms with van der Waals surface area (Å²) < 4.78 is 48.3. The van der Waals surface area contributed by atoms with Crippen LogP contribution in [0.1, 0.15) is 442 Å². The lowest BCUT2D eigenvalue weighted by Gasteiger charge is -2.39. The fourth-order valence-electron chi connectivity index (χ4n) is 18.7. The van der Waals surface area contributed by atoms with Crippen LogP contribution >= 0.6 is 34.0 Å². The van der Waals surface area contributed by atoms with Crippen molar-refractivity contribution in [2.45, 2.75) is 485 Å². The van der Waals surface area contributed by atoms with Gasteiger partial charge in [-0.3, -0.25) is 19.6 Å². The first-order valence-electron chi connectivity index (χ1n) is 54.6. The van der Waals surface area contributed by atoms with E-state index in [-0.39, 0.29) is 88.5 Å². The molecular formula is C132H201F2N5O3S3. The van der Waals surface area contributed by atoms with Crippen molar-refractivity contribution < 1.29 is 23.0 Å². The van der Waals surface area contributed by atoms with Crippen LogP contribution in [0.25, 0.3) is 20.2 Å². The maximum absolute atomic E-state index is 14.3. The van der Waals surface area contributed by atoms with Gasteiger partial charge < -0.3 is 19.5 Å². The molecule has 0 fully saturated rings. The highest BCUT2D eigenvalue weighted by molar-refractivity contribution is 7.19. The molecule has 2 unspecified atom stereocenters. The van der Waals surface area contributed by atoms with Crippen LogP contribution in [0.2, 0.25) is 0 Å². The summed E-state index contributed by atoms with van der Waals surface area (Å²) in [6.45, 7) is 117.